The van der Waals surface area contributed by atoms with Crippen LogP contribution in [0.1, 0.15) is 24.0 Å². The van der Waals surface area contributed by atoms with E-state index in [0.717, 1.165) is 42.7 Å². The number of hydrogen-bond donors (Lipinski definition) is 1. The Hall–Kier alpha value is -2.23. The van der Waals surface area contributed by atoms with Gasteiger partial charge in [0.2, 0.25) is 0 Å². The van der Waals surface area contributed by atoms with Gasteiger partial charge < -0.3 is 14.9 Å². The molecule has 1 aliphatic rings. The molecular weight excluding hydrogens is 319 g/mol. The van der Waals surface area contributed by atoms with E-state index in [1.54, 1.807) is 6.20 Å². The van der Waals surface area contributed by atoms with Crippen LogP contribution in [0.4, 0.5) is 10.1 Å². The van der Waals surface area contributed by atoms with E-state index in [0.29, 0.717) is 23.5 Å². The van der Waals surface area contributed by atoms with Crippen LogP contribution in [0, 0.1) is 24.1 Å². The standard InChI is InChI=1S/C19H23FN4O/c1-13-9-15(20)10-17-18(13)22-12-14(11-21)19(17)24-5-3-16(4-6-24)23(2)7-8-25/h9-10,12,16,25H,3-8H2,1-2H3. The lowest BCUT2D eigenvalue weighted by Gasteiger charge is -2.38. The second-order valence-electron chi connectivity index (χ2n) is 6.67. The van der Waals surface area contributed by atoms with E-state index in [1.807, 2.05) is 14.0 Å². The monoisotopic (exact) mass is 342 g/mol. The summed E-state index contributed by atoms with van der Waals surface area (Å²) in [5.41, 5.74) is 2.80. The van der Waals surface area contributed by atoms with Gasteiger partial charge in [-0.2, -0.15) is 5.26 Å². The first kappa shape index (κ1) is 17.6. The van der Waals surface area contributed by atoms with Gasteiger partial charge in [-0.05, 0) is 44.5 Å². The molecule has 1 saturated heterocycles. The fourth-order valence-electron chi connectivity index (χ4n) is 3.72. The van der Waals surface area contributed by atoms with Crippen molar-refractivity contribution in [3.63, 3.8) is 0 Å². The van der Waals surface area contributed by atoms with E-state index in [2.05, 4.69) is 20.9 Å². The van der Waals surface area contributed by atoms with E-state index >= 15 is 0 Å². The maximum atomic E-state index is 14.0. The number of anilines is 1. The molecule has 3 rings (SSSR count). The molecule has 6 heteroatoms. The summed E-state index contributed by atoms with van der Waals surface area (Å²) in [5.74, 6) is -0.305. The third kappa shape index (κ3) is 3.44. The minimum atomic E-state index is -0.305. The Morgan fingerprint density at radius 2 is 2.12 bits per heavy atom. The van der Waals surface area contributed by atoms with Crippen LogP contribution in [0.2, 0.25) is 0 Å². The molecule has 2 aromatic rings. The van der Waals surface area contributed by atoms with E-state index in [-0.39, 0.29) is 12.4 Å². The number of aryl methyl sites for hydroxylation is 1. The molecule has 1 fully saturated rings. The topological polar surface area (TPSA) is 63.4 Å². The number of aromatic nitrogens is 1. The Balaban J connectivity index is 1.95. The van der Waals surface area contributed by atoms with Crippen LogP contribution in [0.5, 0.6) is 0 Å². The Morgan fingerprint density at radius 3 is 2.76 bits per heavy atom. The van der Waals surface area contributed by atoms with Gasteiger partial charge in [-0.25, -0.2) is 4.39 Å². The van der Waals surface area contributed by atoms with Crippen molar-refractivity contribution in [3.05, 3.63) is 35.3 Å². The molecule has 0 atom stereocenters. The summed E-state index contributed by atoms with van der Waals surface area (Å²) < 4.78 is 14.0. The van der Waals surface area contributed by atoms with Gasteiger partial charge in [0.1, 0.15) is 11.9 Å². The zero-order chi connectivity index (χ0) is 18.0. The Bertz CT molecular complexity index is 809. The molecule has 0 spiro atoms. The summed E-state index contributed by atoms with van der Waals surface area (Å²) in [7, 11) is 2.03. The van der Waals surface area contributed by atoms with Crippen molar-refractivity contribution in [2.45, 2.75) is 25.8 Å². The number of halogens is 1. The highest BCUT2D eigenvalue weighted by atomic mass is 19.1. The summed E-state index contributed by atoms with van der Waals surface area (Å²) in [6.07, 6.45) is 3.48. The van der Waals surface area contributed by atoms with Gasteiger partial charge in [-0.15, -0.1) is 0 Å². The van der Waals surface area contributed by atoms with Crippen LogP contribution < -0.4 is 4.90 Å². The highest BCUT2D eigenvalue weighted by Crippen LogP contribution is 2.33. The molecule has 0 amide bonds. The second kappa shape index (κ2) is 7.34. The second-order valence-corrected chi connectivity index (χ2v) is 6.67. The van der Waals surface area contributed by atoms with Crippen molar-refractivity contribution >= 4 is 16.6 Å². The highest BCUT2D eigenvalue weighted by molar-refractivity contribution is 5.96. The number of rotatable bonds is 4. The Kier molecular flexibility index (Phi) is 5.16. The molecule has 0 radical (unpaired) electrons. The molecule has 0 bridgehead atoms. The fraction of sp³-hybridized carbons (Fsp3) is 0.474. The van der Waals surface area contributed by atoms with Crippen LogP contribution in [0.25, 0.3) is 10.9 Å². The van der Waals surface area contributed by atoms with Crippen molar-refractivity contribution in [2.24, 2.45) is 0 Å². The summed E-state index contributed by atoms with van der Waals surface area (Å²) >= 11 is 0. The number of fused-ring (bicyclic) bond motifs is 1. The first-order chi connectivity index (χ1) is 12.0. The number of pyridine rings is 1. The zero-order valence-electron chi connectivity index (χ0n) is 14.7. The third-order valence-corrected chi connectivity index (χ3v) is 5.08. The lowest BCUT2D eigenvalue weighted by Crippen LogP contribution is -2.44. The maximum absolute atomic E-state index is 14.0. The van der Waals surface area contributed by atoms with Gasteiger partial charge in [0.05, 0.1) is 23.4 Å². The van der Waals surface area contributed by atoms with Gasteiger partial charge in [0, 0.05) is 37.3 Å². The number of piperidine rings is 1. The number of benzene rings is 1. The van der Waals surface area contributed by atoms with Crippen LogP contribution in [0.3, 0.4) is 0 Å². The molecule has 0 aliphatic carbocycles. The van der Waals surface area contributed by atoms with Crippen molar-refractivity contribution < 1.29 is 9.50 Å². The molecule has 0 saturated carbocycles. The fourth-order valence-corrected chi connectivity index (χ4v) is 3.72. The van der Waals surface area contributed by atoms with Crippen LogP contribution >= 0.6 is 0 Å². The number of nitriles is 1. The average Bonchev–Trinajstić information content (AvgIpc) is 2.61. The summed E-state index contributed by atoms with van der Waals surface area (Å²) in [5, 5.41) is 19.3. The van der Waals surface area contributed by atoms with Crippen molar-refractivity contribution in [2.75, 3.05) is 38.2 Å². The van der Waals surface area contributed by atoms with Crippen molar-refractivity contribution in [3.8, 4) is 6.07 Å². The van der Waals surface area contributed by atoms with Gasteiger partial charge in [-0.1, -0.05) is 0 Å². The van der Waals surface area contributed by atoms with E-state index in [1.165, 1.54) is 12.1 Å². The van der Waals surface area contributed by atoms with Crippen LogP contribution in [0.15, 0.2) is 18.3 Å². The van der Waals surface area contributed by atoms with E-state index in [9.17, 15) is 9.65 Å². The molecule has 5 nitrogen and oxygen atoms in total. The SMILES string of the molecule is Cc1cc(F)cc2c(N3CCC(N(C)CCO)CC3)c(C#N)cnc12. The molecule has 1 aromatic carbocycles. The lowest BCUT2D eigenvalue weighted by atomic mass is 9.99. The molecule has 2 heterocycles. The first-order valence-corrected chi connectivity index (χ1v) is 8.60. The molecule has 1 N–H and O–H groups in total. The molecule has 25 heavy (non-hydrogen) atoms. The summed E-state index contributed by atoms with van der Waals surface area (Å²) in [6, 6.07) is 5.58. The molecule has 1 aromatic heterocycles. The summed E-state index contributed by atoms with van der Waals surface area (Å²) in [6.45, 7) is 4.25. The molecule has 0 unspecified atom stereocenters. The number of likely N-dealkylation sites (N-methyl/N-ethyl adjacent to an activating group) is 1. The smallest absolute Gasteiger partial charge is 0.124 e. The van der Waals surface area contributed by atoms with Crippen molar-refractivity contribution in [1.82, 2.24) is 9.88 Å². The lowest BCUT2D eigenvalue weighted by molar-refractivity contribution is 0.162. The van der Waals surface area contributed by atoms with Gasteiger partial charge in [-0.3, -0.25) is 4.98 Å². The molecular formula is C19H23FN4O. The highest BCUT2D eigenvalue weighted by Gasteiger charge is 2.25. The zero-order valence-corrected chi connectivity index (χ0v) is 14.7. The molecule has 132 valence electrons. The minimum Gasteiger partial charge on any atom is -0.395 e. The first-order valence-electron chi connectivity index (χ1n) is 8.60. The number of aliphatic hydroxyl groups is 1. The Labute approximate surface area is 147 Å². The largest absolute Gasteiger partial charge is 0.395 e. The quantitative estimate of drug-likeness (QED) is 0.925. The predicted molar refractivity (Wildman–Crippen MR) is 96.1 cm³/mol. The van der Waals surface area contributed by atoms with Crippen molar-refractivity contribution in [1.29, 1.82) is 5.26 Å². The number of hydrogen-bond acceptors (Lipinski definition) is 5. The Morgan fingerprint density at radius 1 is 1.40 bits per heavy atom. The normalized spacial score (nSPS) is 15.8. The number of aliphatic hydroxyl groups excluding tert-OH is 1. The summed E-state index contributed by atoms with van der Waals surface area (Å²) in [4.78, 5) is 8.71. The maximum Gasteiger partial charge on any atom is 0.124 e. The van der Waals surface area contributed by atoms with Gasteiger partial charge in [0.15, 0.2) is 0 Å². The van der Waals surface area contributed by atoms with E-state index in [4.69, 9.17) is 5.11 Å². The van der Waals surface area contributed by atoms with Crippen LogP contribution in [-0.4, -0.2) is 54.3 Å². The van der Waals surface area contributed by atoms with Crippen LogP contribution in [-0.2, 0) is 0 Å². The van der Waals surface area contributed by atoms with E-state index < -0.39 is 0 Å². The average molecular weight is 342 g/mol. The van der Waals surface area contributed by atoms with Gasteiger partial charge >= 0.3 is 0 Å². The predicted octanol–water partition coefficient (Wildman–Crippen LogP) is 2.45. The molecule has 1 aliphatic heterocycles. The third-order valence-electron chi connectivity index (χ3n) is 5.08. The number of nitrogens with zero attached hydrogens (tertiary/aromatic N) is 4. The van der Waals surface area contributed by atoms with Gasteiger partial charge in [0.25, 0.3) is 0 Å². The minimum absolute atomic E-state index is 0.156.